The molecule has 120 valence electrons. The molecule has 1 N–H and O–H groups in total. The van der Waals surface area contributed by atoms with Gasteiger partial charge in [0.2, 0.25) is 0 Å². The summed E-state index contributed by atoms with van der Waals surface area (Å²) in [6.45, 7) is 4.30. The minimum Gasteiger partial charge on any atom is -0.465 e. The molecule has 0 atom stereocenters. The van der Waals surface area contributed by atoms with Crippen LogP contribution in [-0.4, -0.2) is 28.0 Å². The quantitative estimate of drug-likeness (QED) is 0.939. The molecule has 22 heavy (non-hydrogen) atoms. The summed E-state index contributed by atoms with van der Waals surface area (Å²) in [5.41, 5.74) is -0.768. The normalized spacial score (nSPS) is 18.0. The number of furan rings is 1. The predicted octanol–water partition coefficient (Wildman–Crippen LogP) is 3.71. The van der Waals surface area contributed by atoms with Crippen molar-refractivity contribution < 1.29 is 17.6 Å². The molecule has 1 aliphatic rings. The summed E-state index contributed by atoms with van der Waals surface area (Å²) in [7, 11) is 0. The molecule has 0 spiro atoms. The van der Waals surface area contributed by atoms with E-state index < -0.39 is 11.9 Å². The average Bonchev–Trinajstić information content (AvgIpc) is 3.08. The summed E-state index contributed by atoms with van der Waals surface area (Å²) in [4.78, 5) is 8.58. The fourth-order valence-electron chi connectivity index (χ4n) is 2.84. The summed E-state index contributed by atoms with van der Waals surface area (Å²) in [6, 6.07) is 3.90. The second-order valence-electron chi connectivity index (χ2n) is 5.74. The van der Waals surface area contributed by atoms with Crippen LogP contribution in [0.1, 0.15) is 41.8 Å². The number of rotatable bonds is 3. The third-order valence-corrected chi connectivity index (χ3v) is 4.05. The van der Waals surface area contributed by atoms with E-state index in [-0.39, 0.29) is 5.92 Å². The average molecular weight is 313 g/mol. The minimum absolute atomic E-state index is 0.0608. The van der Waals surface area contributed by atoms with E-state index in [4.69, 9.17) is 4.42 Å². The molecule has 0 bridgehead atoms. The number of alkyl halides is 3. The van der Waals surface area contributed by atoms with E-state index >= 15 is 0 Å². The standard InChI is InChI=1S/C15H18F3N3O/c1-10-2-3-12(22-10)9-21-6-4-11(5-7-21)14-19-8-13(20-14)15(16,17)18/h2-3,8,11H,4-7,9H2,1H3,(H,19,20). The van der Waals surface area contributed by atoms with Crippen molar-refractivity contribution in [2.45, 2.75) is 38.4 Å². The summed E-state index contributed by atoms with van der Waals surface area (Å²) in [5.74, 6) is 2.32. The maximum Gasteiger partial charge on any atom is 0.432 e. The van der Waals surface area contributed by atoms with Crippen LogP contribution in [0, 0.1) is 6.92 Å². The number of likely N-dealkylation sites (tertiary alicyclic amines) is 1. The molecule has 3 heterocycles. The second-order valence-corrected chi connectivity index (χ2v) is 5.74. The van der Waals surface area contributed by atoms with E-state index in [2.05, 4.69) is 14.9 Å². The Bertz CT molecular complexity index is 624. The predicted molar refractivity (Wildman–Crippen MR) is 74.3 cm³/mol. The second kappa shape index (κ2) is 5.79. The Morgan fingerprint density at radius 3 is 2.59 bits per heavy atom. The smallest absolute Gasteiger partial charge is 0.432 e. The number of H-pyrrole nitrogens is 1. The van der Waals surface area contributed by atoms with Crippen molar-refractivity contribution in [3.63, 3.8) is 0 Å². The molecule has 7 heteroatoms. The Balaban J connectivity index is 1.56. The topological polar surface area (TPSA) is 45.1 Å². The first kappa shape index (κ1) is 15.1. The first-order valence-electron chi connectivity index (χ1n) is 7.31. The van der Waals surface area contributed by atoms with Crippen LogP contribution in [0.3, 0.4) is 0 Å². The van der Waals surface area contributed by atoms with Crippen LogP contribution in [0.2, 0.25) is 0 Å². The Morgan fingerprint density at radius 2 is 2.05 bits per heavy atom. The van der Waals surface area contributed by atoms with Crippen molar-refractivity contribution in [2.75, 3.05) is 13.1 Å². The molecular weight excluding hydrogens is 295 g/mol. The zero-order chi connectivity index (χ0) is 15.7. The zero-order valence-electron chi connectivity index (χ0n) is 12.3. The van der Waals surface area contributed by atoms with Gasteiger partial charge in [0.15, 0.2) is 0 Å². The van der Waals surface area contributed by atoms with E-state index in [0.29, 0.717) is 5.82 Å². The van der Waals surface area contributed by atoms with Gasteiger partial charge in [-0.3, -0.25) is 4.90 Å². The van der Waals surface area contributed by atoms with Crippen molar-refractivity contribution in [2.24, 2.45) is 0 Å². The number of nitrogens with zero attached hydrogens (tertiary/aromatic N) is 2. The maximum absolute atomic E-state index is 12.6. The zero-order valence-corrected chi connectivity index (χ0v) is 12.3. The number of aryl methyl sites for hydroxylation is 1. The fraction of sp³-hybridized carbons (Fsp3) is 0.533. The molecule has 0 radical (unpaired) electrons. The third kappa shape index (κ3) is 3.35. The van der Waals surface area contributed by atoms with Crippen LogP contribution in [-0.2, 0) is 12.7 Å². The molecule has 2 aromatic heterocycles. The van der Waals surface area contributed by atoms with Crippen molar-refractivity contribution in [3.8, 4) is 0 Å². The lowest BCUT2D eigenvalue weighted by atomic mass is 9.96. The lowest BCUT2D eigenvalue weighted by molar-refractivity contribution is -0.141. The van der Waals surface area contributed by atoms with Gasteiger partial charge >= 0.3 is 6.18 Å². The number of nitrogens with one attached hydrogen (secondary N) is 1. The van der Waals surface area contributed by atoms with Gasteiger partial charge in [0.1, 0.15) is 23.0 Å². The minimum atomic E-state index is -4.36. The highest BCUT2D eigenvalue weighted by molar-refractivity contribution is 5.10. The molecule has 2 aromatic rings. The summed E-state index contributed by atoms with van der Waals surface area (Å²) >= 11 is 0. The summed E-state index contributed by atoms with van der Waals surface area (Å²) < 4.78 is 43.3. The summed E-state index contributed by atoms with van der Waals surface area (Å²) in [6.07, 6.45) is -1.88. The van der Waals surface area contributed by atoms with Gasteiger partial charge in [-0.05, 0) is 45.0 Å². The molecule has 0 aromatic carbocycles. The highest BCUT2D eigenvalue weighted by Gasteiger charge is 2.34. The van der Waals surface area contributed by atoms with Crippen molar-refractivity contribution in [1.29, 1.82) is 0 Å². The van der Waals surface area contributed by atoms with Crippen molar-refractivity contribution in [3.05, 3.63) is 41.4 Å². The lowest BCUT2D eigenvalue weighted by Crippen LogP contribution is -2.32. The van der Waals surface area contributed by atoms with Gasteiger partial charge in [0, 0.05) is 5.92 Å². The Labute approximate surface area is 126 Å². The van der Waals surface area contributed by atoms with Gasteiger partial charge in [-0.15, -0.1) is 0 Å². The number of imidazole rings is 1. The third-order valence-electron chi connectivity index (χ3n) is 4.05. The Hall–Kier alpha value is -1.76. The van der Waals surface area contributed by atoms with Crippen LogP contribution in [0.15, 0.2) is 22.7 Å². The van der Waals surface area contributed by atoms with Crippen LogP contribution in [0.5, 0.6) is 0 Å². The largest absolute Gasteiger partial charge is 0.465 e. The van der Waals surface area contributed by atoms with Gasteiger partial charge in [0.05, 0.1) is 12.7 Å². The van der Waals surface area contributed by atoms with Crippen LogP contribution >= 0.6 is 0 Å². The maximum atomic E-state index is 12.6. The SMILES string of the molecule is Cc1ccc(CN2CCC(c3ncc(C(F)(F)F)[nH]3)CC2)o1. The van der Waals surface area contributed by atoms with Crippen LogP contribution in [0.25, 0.3) is 0 Å². The molecule has 4 nitrogen and oxygen atoms in total. The molecule has 1 fully saturated rings. The number of aromatic amines is 1. The highest BCUT2D eigenvalue weighted by Crippen LogP contribution is 2.31. The Morgan fingerprint density at radius 1 is 1.32 bits per heavy atom. The van der Waals surface area contributed by atoms with Gasteiger partial charge in [0.25, 0.3) is 0 Å². The van der Waals surface area contributed by atoms with Gasteiger partial charge in [-0.25, -0.2) is 4.98 Å². The van der Waals surface area contributed by atoms with Crippen LogP contribution < -0.4 is 0 Å². The van der Waals surface area contributed by atoms with E-state index in [9.17, 15) is 13.2 Å². The number of hydrogen-bond acceptors (Lipinski definition) is 3. The monoisotopic (exact) mass is 313 g/mol. The Kier molecular flexibility index (Phi) is 3.99. The van der Waals surface area contributed by atoms with Crippen molar-refractivity contribution in [1.82, 2.24) is 14.9 Å². The number of piperidine rings is 1. The highest BCUT2D eigenvalue weighted by atomic mass is 19.4. The van der Waals surface area contributed by atoms with Gasteiger partial charge in [-0.2, -0.15) is 13.2 Å². The van der Waals surface area contributed by atoms with Gasteiger partial charge < -0.3 is 9.40 Å². The molecule has 0 saturated carbocycles. The number of hydrogen-bond donors (Lipinski definition) is 1. The molecule has 0 aliphatic carbocycles. The van der Waals surface area contributed by atoms with Crippen LogP contribution in [0.4, 0.5) is 13.2 Å². The lowest BCUT2D eigenvalue weighted by Gasteiger charge is -2.30. The van der Waals surface area contributed by atoms with Crippen molar-refractivity contribution >= 4 is 0 Å². The first-order valence-corrected chi connectivity index (χ1v) is 7.31. The van der Waals surface area contributed by atoms with Gasteiger partial charge in [-0.1, -0.05) is 0 Å². The molecular formula is C15H18F3N3O. The summed E-state index contributed by atoms with van der Waals surface area (Å²) in [5, 5.41) is 0. The molecule has 1 saturated heterocycles. The van der Waals surface area contributed by atoms with E-state index in [1.165, 1.54) is 0 Å². The first-order chi connectivity index (χ1) is 10.4. The molecule has 1 aliphatic heterocycles. The number of aromatic nitrogens is 2. The molecule has 0 unspecified atom stereocenters. The van der Waals surface area contributed by atoms with E-state index in [0.717, 1.165) is 50.2 Å². The molecule has 0 amide bonds. The molecule has 3 rings (SSSR count). The fourth-order valence-corrected chi connectivity index (χ4v) is 2.84. The van der Waals surface area contributed by atoms with E-state index in [1.54, 1.807) is 0 Å². The number of halogens is 3. The van der Waals surface area contributed by atoms with E-state index in [1.807, 2.05) is 19.1 Å².